The van der Waals surface area contributed by atoms with Crippen molar-refractivity contribution in [2.75, 3.05) is 43.9 Å². The average molecular weight is 482 g/mol. The van der Waals surface area contributed by atoms with Crippen LogP contribution >= 0.6 is 0 Å². The van der Waals surface area contributed by atoms with E-state index in [0.717, 1.165) is 45.4 Å². The Morgan fingerprint density at radius 2 is 1.66 bits per heavy atom. The summed E-state index contributed by atoms with van der Waals surface area (Å²) in [6.07, 6.45) is 1.40. The second kappa shape index (κ2) is 10.3. The van der Waals surface area contributed by atoms with Gasteiger partial charge in [0.2, 0.25) is 10.0 Å². The van der Waals surface area contributed by atoms with E-state index in [-0.39, 0.29) is 10.5 Å². The summed E-state index contributed by atoms with van der Waals surface area (Å²) in [5.41, 5.74) is 1.76. The first-order chi connectivity index (χ1) is 15.0. The zero-order chi connectivity index (χ0) is 23.4. The molecule has 1 aliphatic rings. The highest BCUT2D eigenvalue weighted by atomic mass is 32.2. The SMILES string of the molecule is CS(=O)(=O)Cc1ccc(C(O)CCCN2CCN(c3ccccc3)CC2)cc1S(N)(=O)=O. The van der Waals surface area contributed by atoms with Crippen molar-refractivity contribution < 1.29 is 21.9 Å². The van der Waals surface area contributed by atoms with Crippen LogP contribution in [-0.2, 0) is 25.6 Å². The van der Waals surface area contributed by atoms with Gasteiger partial charge in [-0.3, -0.25) is 4.90 Å². The standard InChI is InChI=1S/C22H31N3O5S2/c1-31(27,28)17-19-10-9-18(16-22(19)32(23,29)30)21(26)8-5-11-24-12-14-25(15-13-24)20-6-3-2-4-7-20/h2-4,6-7,9-10,16,21,26H,5,8,11-15,17H2,1H3,(H2,23,29,30). The molecule has 0 aromatic heterocycles. The lowest BCUT2D eigenvalue weighted by Gasteiger charge is -2.36. The van der Waals surface area contributed by atoms with Crippen LogP contribution in [0.5, 0.6) is 0 Å². The largest absolute Gasteiger partial charge is 0.388 e. The van der Waals surface area contributed by atoms with E-state index in [4.69, 9.17) is 5.14 Å². The molecule has 0 saturated carbocycles. The third kappa shape index (κ3) is 7.01. The number of hydrogen-bond acceptors (Lipinski definition) is 7. The normalized spacial score (nSPS) is 16.8. The first-order valence-electron chi connectivity index (χ1n) is 10.6. The number of piperazine rings is 1. The van der Waals surface area contributed by atoms with Crippen LogP contribution in [-0.4, -0.2) is 65.8 Å². The van der Waals surface area contributed by atoms with Gasteiger partial charge in [0.1, 0.15) is 0 Å². The van der Waals surface area contributed by atoms with E-state index >= 15 is 0 Å². The molecule has 1 fully saturated rings. The number of para-hydroxylation sites is 1. The second-order valence-corrected chi connectivity index (χ2v) is 12.0. The molecule has 32 heavy (non-hydrogen) atoms. The number of nitrogens with two attached hydrogens (primary N) is 1. The number of nitrogens with zero attached hydrogens (tertiary/aromatic N) is 2. The van der Waals surface area contributed by atoms with Gasteiger partial charge in [-0.15, -0.1) is 0 Å². The van der Waals surface area contributed by atoms with E-state index in [1.165, 1.54) is 17.8 Å². The zero-order valence-electron chi connectivity index (χ0n) is 18.2. The summed E-state index contributed by atoms with van der Waals surface area (Å²) in [5.74, 6) is -0.426. The van der Waals surface area contributed by atoms with E-state index < -0.39 is 31.7 Å². The third-order valence-corrected chi connectivity index (χ3v) is 7.47. The van der Waals surface area contributed by atoms with E-state index in [9.17, 15) is 21.9 Å². The Hall–Kier alpha value is -1.98. The molecule has 176 valence electrons. The van der Waals surface area contributed by atoms with Crippen LogP contribution in [0.1, 0.15) is 30.1 Å². The summed E-state index contributed by atoms with van der Waals surface area (Å²) in [7, 11) is -7.55. The van der Waals surface area contributed by atoms with Crippen LogP contribution in [0.3, 0.4) is 0 Å². The van der Waals surface area contributed by atoms with E-state index in [0.29, 0.717) is 12.0 Å². The van der Waals surface area contributed by atoms with Gasteiger partial charge in [-0.25, -0.2) is 22.0 Å². The zero-order valence-corrected chi connectivity index (χ0v) is 19.9. The molecule has 1 unspecified atom stereocenters. The van der Waals surface area contributed by atoms with Gasteiger partial charge < -0.3 is 10.0 Å². The number of anilines is 1. The van der Waals surface area contributed by atoms with E-state index in [2.05, 4.69) is 21.9 Å². The lowest BCUT2D eigenvalue weighted by Crippen LogP contribution is -2.46. The molecule has 1 atom stereocenters. The van der Waals surface area contributed by atoms with Gasteiger partial charge in [-0.1, -0.05) is 30.3 Å². The third-order valence-electron chi connectivity index (χ3n) is 5.65. The molecule has 2 aromatic rings. The molecule has 1 saturated heterocycles. The highest BCUT2D eigenvalue weighted by Gasteiger charge is 2.21. The van der Waals surface area contributed by atoms with E-state index in [1.807, 2.05) is 18.2 Å². The molecule has 3 N–H and O–H groups in total. The van der Waals surface area contributed by atoms with E-state index in [1.54, 1.807) is 6.07 Å². The maximum atomic E-state index is 12.0. The molecule has 0 bridgehead atoms. The summed E-state index contributed by atoms with van der Waals surface area (Å²) in [6, 6.07) is 14.6. The topological polar surface area (TPSA) is 121 Å². The highest BCUT2D eigenvalue weighted by Crippen LogP contribution is 2.25. The minimum Gasteiger partial charge on any atom is -0.388 e. The average Bonchev–Trinajstić information content (AvgIpc) is 2.73. The second-order valence-electron chi connectivity index (χ2n) is 8.30. The fraction of sp³-hybridized carbons (Fsp3) is 0.455. The maximum absolute atomic E-state index is 12.0. The van der Waals surface area contributed by atoms with Crippen molar-refractivity contribution in [1.82, 2.24) is 4.90 Å². The summed E-state index contributed by atoms with van der Waals surface area (Å²) in [5, 5.41) is 15.9. The predicted octanol–water partition coefficient (Wildman–Crippen LogP) is 1.51. The molecule has 0 aliphatic carbocycles. The van der Waals surface area contributed by atoms with Gasteiger partial charge in [0, 0.05) is 38.1 Å². The molecule has 10 heteroatoms. The summed E-state index contributed by atoms with van der Waals surface area (Å²) >= 11 is 0. The molecular weight excluding hydrogens is 450 g/mol. The quantitative estimate of drug-likeness (QED) is 0.557. The fourth-order valence-electron chi connectivity index (χ4n) is 3.99. The van der Waals surface area contributed by atoms with Gasteiger partial charge in [-0.2, -0.15) is 0 Å². The van der Waals surface area contributed by atoms with Crippen molar-refractivity contribution >= 4 is 25.5 Å². The highest BCUT2D eigenvalue weighted by molar-refractivity contribution is 7.90. The summed E-state index contributed by atoms with van der Waals surface area (Å²) < 4.78 is 47.1. The Labute approximate surface area is 190 Å². The minimum atomic E-state index is -4.12. The van der Waals surface area contributed by atoms with Crippen LogP contribution in [0.4, 0.5) is 5.69 Å². The smallest absolute Gasteiger partial charge is 0.238 e. The Kier molecular flexibility index (Phi) is 7.94. The van der Waals surface area contributed by atoms with Crippen LogP contribution in [0, 0.1) is 0 Å². The van der Waals surface area contributed by atoms with Crippen molar-refractivity contribution in [2.24, 2.45) is 5.14 Å². The van der Waals surface area contributed by atoms with Gasteiger partial charge >= 0.3 is 0 Å². The van der Waals surface area contributed by atoms with Crippen molar-refractivity contribution in [2.45, 2.75) is 29.6 Å². The van der Waals surface area contributed by atoms with Crippen LogP contribution in [0.25, 0.3) is 0 Å². The number of aliphatic hydroxyl groups is 1. The Morgan fingerprint density at radius 3 is 2.25 bits per heavy atom. The molecular formula is C22H31N3O5S2. The number of hydrogen-bond donors (Lipinski definition) is 2. The minimum absolute atomic E-state index is 0.113. The number of benzene rings is 2. The van der Waals surface area contributed by atoms with Crippen LogP contribution in [0.15, 0.2) is 53.4 Å². The molecule has 2 aromatic carbocycles. The van der Waals surface area contributed by atoms with Gasteiger partial charge in [-0.05, 0) is 48.7 Å². The molecule has 3 rings (SSSR count). The van der Waals surface area contributed by atoms with Gasteiger partial charge in [0.25, 0.3) is 0 Å². The van der Waals surface area contributed by atoms with Crippen LogP contribution < -0.4 is 10.0 Å². The van der Waals surface area contributed by atoms with Crippen molar-refractivity contribution in [1.29, 1.82) is 0 Å². The molecule has 1 heterocycles. The first kappa shape index (κ1) is 24.7. The monoisotopic (exact) mass is 481 g/mol. The van der Waals surface area contributed by atoms with Crippen molar-refractivity contribution in [3.8, 4) is 0 Å². The lowest BCUT2D eigenvalue weighted by atomic mass is 10.0. The fourth-order valence-corrected chi connectivity index (χ4v) is 5.70. The van der Waals surface area contributed by atoms with Crippen molar-refractivity contribution in [3.63, 3.8) is 0 Å². The number of aliphatic hydroxyl groups excluding tert-OH is 1. The maximum Gasteiger partial charge on any atom is 0.238 e. The lowest BCUT2D eigenvalue weighted by molar-refractivity contribution is 0.153. The summed E-state index contributed by atoms with van der Waals surface area (Å²) in [4.78, 5) is 4.46. The molecule has 0 amide bonds. The molecule has 0 radical (unpaired) electrons. The number of sulfonamides is 1. The number of rotatable bonds is 9. The molecule has 0 spiro atoms. The number of primary sulfonamides is 1. The Morgan fingerprint density at radius 1 is 1.00 bits per heavy atom. The van der Waals surface area contributed by atoms with Crippen molar-refractivity contribution in [3.05, 3.63) is 59.7 Å². The molecule has 8 nitrogen and oxygen atoms in total. The first-order valence-corrected chi connectivity index (χ1v) is 14.2. The van der Waals surface area contributed by atoms with Gasteiger partial charge in [0.05, 0.1) is 16.8 Å². The number of sulfone groups is 1. The summed E-state index contributed by atoms with van der Waals surface area (Å²) in [6.45, 7) is 4.63. The molecule has 1 aliphatic heterocycles. The van der Waals surface area contributed by atoms with Gasteiger partial charge in [0.15, 0.2) is 9.84 Å². The predicted molar refractivity (Wildman–Crippen MR) is 126 cm³/mol. The Balaban J connectivity index is 1.54. The van der Waals surface area contributed by atoms with Crippen LogP contribution in [0.2, 0.25) is 0 Å². The Bertz CT molecular complexity index is 1110.